The molecule has 0 bridgehead atoms. The number of nitrogens with one attached hydrogen (secondary N) is 1. The van der Waals surface area contributed by atoms with E-state index in [9.17, 15) is 0 Å². The summed E-state index contributed by atoms with van der Waals surface area (Å²) in [5.74, 6) is 0. The van der Waals surface area contributed by atoms with Crippen molar-refractivity contribution in [1.82, 2.24) is 5.32 Å². The van der Waals surface area contributed by atoms with Crippen LogP contribution in [0.2, 0.25) is 0 Å². The molecule has 2 fully saturated rings. The highest BCUT2D eigenvalue weighted by molar-refractivity contribution is 4.97. The lowest BCUT2D eigenvalue weighted by molar-refractivity contribution is 0.244. The summed E-state index contributed by atoms with van der Waals surface area (Å²) in [7, 11) is 0. The van der Waals surface area contributed by atoms with Gasteiger partial charge in [0.25, 0.3) is 0 Å². The Morgan fingerprint density at radius 2 is 1.83 bits per heavy atom. The minimum Gasteiger partial charge on any atom is -0.395 e. The lowest BCUT2D eigenvalue weighted by Crippen LogP contribution is -2.35. The standard InChI is InChI=1S/C10H19NO/c12-8-7-11-9-1-3-10(4-2-9)5-6-10/h9,11-12H,1-8H2. The molecule has 0 heterocycles. The zero-order valence-corrected chi connectivity index (χ0v) is 7.68. The smallest absolute Gasteiger partial charge is 0.0556 e. The van der Waals surface area contributed by atoms with E-state index in [2.05, 4.69) is 5.32 Å². The van der Waals surface area contributed by atoms with Gasteiger partial charge in [0.2, 0.25) is 0 Å². The third-order valence-corrected chi connectivity index (χ3v) is 3.55. The van der Waals surface area contributed by atoms with Crippen LogP contribution < -0.4 is 5.32 Å². The molecule has 0 aromatic heterocycles. The van der Waals surface area contributed by atoms with Crippen LogP contribution in [0.1, 0.15) is 38.5 Å². The molecule has 2 aliphatic carbocycles. The molecule has 2 aliphatic rings. The van der Waals surface area contributed by atoms with E-state index in [4.69, 9.17) is 5.11 Å². The molecule has 0 aromatic carbocycles. The minimum atomic E-state index is 0.279. The topological polar surface area (TPSA) is 32.3 Å². The van der Waals surface area contributed by atoms with E-state index in [1.165, 1.54) is 38.5 Å². The summed E-state index contributed by atoms with van der Waals surface area (Å²) in [4.78, 5) is 0. The van der Waals surface area contributed by atoms with Gasteiger partial charge in [-0.05, 0) is 43.9 Å². The minimum absolute atomic E-state index is 0.279. The second-order valence-corrected chi connectivity index (χ2v) is 4.45. The van der Waals surface area contributed by atoms with E-state index in [1.54, 1.807) is 0 Å². The van der Waals surface area contributed by atoms with Crippen LogP contribution in [0.5, 0.6) is 0 Å². The fourth-order valence-electron chi connectivity index (χ4n) is 2.38. The van der Waals surface area contributed by atoms with Crippen molar-refractivity contribution >= 4 is 0 Å². The molecule has 2 saturated carbocycles. The van der Waals surface area contributed by atoms with E-state index in [0.717, 1.165) is 12.0 Å². The Balaban J connectivity index is 1.68. The Hall–Kier alpha value is -0.0800. The lowest BCUT2D eigenvalue weighted by Gasteiger charge is -2.28. The molecule has 70 valence electrons. The monoisotopic (exact) mass is 169 g/mol. The van der Waals surface area contributed by atoms with Gasteiger partial charge in [0.05, 0.1) is 6.61 Å². The summed E-state index contributed by atoms with van der Waals surface area (Å²) in [6.45, 7) is 1.05. The molecule has 0 atom stereocenters. The molecule has 0 aromatic rings. The molecule has 1 spiro atoms. The highest BCUT2D eigenvalue weighted by atomic mass is 16.3. The Labute approximate surface area is 74.4 Å². The van der Waals surface area contributed by atoms with E-state index < -0.39 is 0 Å². The van der Waals surface area contributed by atoms with Crippen molar-refractivity contribution in [2.24, 2.45) is 5.41 Å². The van der Waals surface area contributed by atoms with Crippen LogP contribution in [-0.2, 0) is 0 Å². The summed E-state index contributed by atoms with van der Waals surface area (Å²) >= 11 is 0. The maximum atomic E-state index is 8.65. The van der Waals surface area contributed by atoms with Gasteiger partial charge in [-0.2, -0.15) is 0 Å². The Morgan fingerprint density at radius 1 is 1.17 bits per heavy atom. The molecule has 0 aliphatic heterocycles. The van der Waals surface area contributed by atoms with Gasteiger partial charge in [-0.15, -0.1) is 0 Å². The van der Waals surface area contributed by atoms with Crippen LogP contribution in [-0.4, -0.2) is 24.3 Å². The van der Waals surface area contributed by atoms with Crippen LogP contribution >= 0.6 is 0 Å². The first-order valence-corrected chi connectivity index (χ1v) is 5.19. The van der Waals surface area contributed by atoms with E-state index in [1.807, 2.05) is 0 Å². The van der Waals surface area contributed by atoms with Gasteiger partial charge in [0.15, 0.2) is 0 Å². The molecule has 0 amide bonds. The first-order chi connectivity index (χ1) is 5.85. The molecule has 12 heavy (non-hydrogen) atoms. The predicted molar refractivity (Wildman–Crippen MR) is 49.0 cm³/mol. The number of aliphatic hydroxyl groups is 1. The first kappa shape index (κ1) is 8.52. The van der Waals surface area contributed by atoms with Gasteiger partial charge in [-0.1, -0.05) is 0 Å². The summed E-state index contributed by atoms with van der Waals surface area (Å²) in [6.07, 6.45) is 8.49. The second kappa shape index (κ2) is 3.35. The van der Waals surface area contributed by atoms with Gasteiger partial charge in [-0.25, -0.2) is 0 Å². The third kappa shape index (κ3) is 1.80. The number of hydrogen-bond acceptors (Lipinski definition) is 2. The molecular weight excluding hydrogens is 150 g/mol. The maximum absolute atomic E-state index is 8.65. The van der Waals surface area contributed by atoms with Crippen molar-refractivity contribution in [2.75, 3.05) is 13.2 Å². The Morgan fingerprint density at radius 3 is 2.33 bits per heavy atom. The molecular formula is C10H19NO. The molecule has 2 heteroatoms. The highest BCUT2D eigenvalue weighted by Gasteiger charge is 2.44. The molecule has 2 nitrogen and oxygen atoms in total. The van der Waals surface area contributed by atoms with Crippen LogP contribution in [0.4, 0.5) is 0 Å². The third-order valence-electron chi connectivity index (χ3n) is 3.55. The zero-order chi connectivity index (χ0) is 8.44. The molecule has 0 radical (unpaired) electrons. The van der Waals surface area contributed by atoms with Crippen LogP contribution in [0.3, 0.4) is 0 Å². The van der Waals surface area contributed by atoms with E-state index in [0.29, 0.717) is 6.04 Å². The normalized spacial score (nSPS) is 27.8. The molecule has 0 unspecified atom stereocenters. The summed E-state index contributed by atoms with van der Waals surface area (Å²) in [5.41, 5.74) is 0.803. The van der Waals surface area contributed by atoms with Crippen molar-refractivity contribution in [3.63, 3.8) is 0 Å². The molecule has 2 rings (SSSR count). The van der Waals surface area contributed by atoms with Crippen LogP contribution in [0.25, 0.3) is 0 Å². The Kier molecular flexibility index (Phi) is 2.37. The lowest BCUT2D eigenvalue weighted by atomic mass is 9.83. The van der Waals surface area contributed by atoms with Crippen molar-refractivity contribution in [1.29, 1.82) is 0 Å². The zero-order valence-electron chi connectivity index (χ0n) is 7.68. The largest absolute Gasteiger partial charge is 0.395 e. The average molecular weight is 169 g/mol. The Bertz CT molecular complexity index is 144. The van der Waals surface area contributed by atoms with Crippen molar-refractivity contribution in [3.8, 4) is 0 Å². The fraction of sp³-hybridized carbons (Fsp3) is 1.00. The van der Waals surface area contributed by atoms with E-state index >= 15 is 0 Å². The summed E-state index contributed by atoms with van der Waals surface area (Å²) < 4.78 is 0. The summed E-state index contributed by atoms with van der Waals surface area (Å²) in [5, 5.41) is 12.0. The quantitative estimate of drug-likeness (QED) is 0.667. The number of aliphatic hydroxyl groups excluding tert-OH is 1. The van der Waals surface area contributed by atoms with Crippen LogP contribution in [0, 0.1) is 5.41 Å². The SMILES string of the molecule is OCCNC1CCC2(CC1)CC2. The van der Waals surface area contributed by atoms with Crippen molar-refractivity contribution < 1.29 is 5.11 Å². The van der Waals surface area contributed by atoms with Crippen LogP contribution in [0.15, 0.2) is 0 Å². The van der Waals surface area contributed by atoms with E-state index in [-0.39, 0.29) is 6.61 Å². The number of rotatable bonds is 3. The van der Waals surface area contributed by atoms with Gasteiger partial charge in [-0.3, -0.25) is 0 Å². The molecule has 2 N–H and O–H groups in total. The highest BCUT2D eigenvalue weighted by Crippen LogP contribution is 2.55. The molecule has 0 saturated heterocycles. The van der Waals surface area contributed by atoms with Gasteiger partial charge >= 0.3 is 0 Å². The van der Waals surface area contributed by atoms with Gasteiger partial charge in [0, 0.05) is 12.6 Å². The van der Waals surface area contributed by atoms with Crippen molar-refractivity contribution in [3.05, 3.63) is 0 Å². The summed E-state index contributed by atoms with van der Waals surface area (Å²) in [6, 6.07) is 0.698. The first-order valence-electron chi connectivity index (χ1n) is 5.19. The fourth-order valence-corrected chi connectivity index (χ4v) is 2.38. The predicted octanol–water partition coefficient (Wildman–Crippen LogP) is 1.29. The second-order valence-electron chi connectivity index (χ2n) is 4.45. The van der Waals surface area contributed by atoms with Gasteiger partial charge in [0.1, 0.15) is 0 Å². The van der Waals surface area contributed by atoms with Crippen molar-refractivity contribution in [2.45, 2.75) is 44.6 Å². The van der Waals surface area contributed by atoms with Gasteiger partial charge < -0.3 is 10.4 Å². The maximum Gasteiger partial charge on any atom is 0.0556 e. The average Bonchev–Trinajstić information content (AvgIpc) is 2.85. The number of hydrogen-bond donors (Lipinski definition) is 2.